The van der Waals surface area contributed by atoms with Gasteiger partial charge in [-0.1, -0.05) is 97.1 Å². The maximum absolute atomic E-state index is 15.0. The van der Waals surface area contributed by atoms with Crippen LogP contribution in [0.2, 0.25) is 0 Å². The number of rotatable bonds is 2. The number of hydrogen-bond acceptors (Lipinski definition) is 3. The van der Waals surface area contributed by atoms with Gasteiger partial charge in [0.1, 0.15) is 16.9 Å². The Balaban J connectivity index is 1.73. The van der Waals surface area contributed by atoms with Gasteiger partial charge in [-0.3, -0.25) is 4.79 Å². The molecule has 7 rings (SSSR count). The van der Waals surface area contributed by atoms with Gasteiger partial charge in [0.15, 0.2) is 5.78 Å². The second-order valence-corrected chi connectivity index (χ2v) is 9.59. The van der Waals surface area contributed by atoms with Crippen LogP contribution in [0.1, 0.15) is 27.0 Å². The molecule has 1 aliphatic carbocycles. The normalized spacial score (nSPS) is 13.9. The van der Waals surface area contributed by atoms with Gasteiger partial charge in [-0.15, -0.1) is 0 Å². The minimum absolute atomic E-state index is 0.00273. The number of ketones is 1. The Hall–Kier alpha value is -4.89. The predicted molar refractivity (Wildman–Crippen MR) is 147 cm³/mol. The molecule has 37 heavy (non-hydrogen) atoms. The summed E-state index contributed by atoms with van der Waals surface area (Å²) in [5.74, 6) is 0.364. The minimum Gasteiger partial charge on any atom is -0.508 e. The van der Waals surface area contributed by atoms with Crippen LogP contribution in [0.15, 0.2) is 121 Å². The van der Waals surface area contributed by atoms with Crippen LogP contribution >= 0.6 is 0 Å². The molecule has 0 radical (unpaired) electrons. The zero-order valence-electron chi connectivity index (χ0n) is 19.8. The van der Waals surface area contributed by atoms with Crippen LogP contribution in [0.5, 0.6) is 11.5 Å². The number of phenolic OH excluding ortho intramolecular Hbond substituents is 2. The van der Waals surface area contributed by atoms with E-state index in [1.165, 1.54) is 0 Å². The third-order valence-corrected chi connectivity index (χ3v) is 7.67. The van der Waals surface area contributed by atoms with E-state index in [4.69, 9.17) is 0 Å². The van der Waals surface area contributed by atoms with Crippen molar-refractivity contribution < 1.29 is 15.0 Å². The summed E-state index contributed by atoms with van der Waals surface area (Å²) in [6.45, 7) is 0. The third kappa shape index (κ3) is 2.91. The Labute approximate surface area is 213 Å². The van der Waals surface area contributed by atoms with Crippen molar-refractivity contribution in [3.63, 3.8) is 0 Å². The van der Waals surface area contributed by atoms with Gasteiger partial charge >= 0.3 is 0 Å². The van der Waals surface area contributed by atoms with Crippen LogP contribution < -0.4 is 0 Å². The molecule has 0 heterocycles. The first-order valence-corrected chi connectivity index (χ1v) is 12.3. The number of carbonyl (C=O) groups is 1. The van der Waals surface area contributed by atoms with Crippen LogP contribution in [-0.2, 0) is 5.41 Å². The number of fused-ring (bicyclic) bond motifs is 5. The van der Waals surface area contributed by atoms with Gasteiger partial charge in [-0.25, -0.2) is 0 Å². The van der Waals surface area contributed by atoms with Crippen molar-refractivity contribution in [1.29, 1.82) is 0 Å². The largest absolute Gasteiger partial charge is 0.508 e. The second-order valence-electron chi connectivity index (χ2n) is 9.59. The maximum Gasteiger partial charge on any atom is 0.182 e. The molecule has 0 aliphatic heterocycles. The molecule has 0 fully saturated rings. The number of aromatic hydroxyl groups is 2. The topological polar surface area (TPSA) is 57.5 Å². The molecule has 3 heteroatoms. The van der Waals surface area contributed by atoms with Gasteiger partial charge in [0.25, 0.3) is 0 Å². The van der Waals surface area contributed by atoms with Gasteiger partial charge in [0, 0.05) is 5.56 Å². The summed E-state index contributed by atoms with van der Waals surface area (Å²) in [6.07, 6.45) is 0. The molecule has 2 N–H and O–H groups in total. The lowest BCUT2D eigenvalue weighted by Crippen LogP contribution is -2.42. The van der Waals surface area contributed by atoms with Gasteiger partial charge in [-0.2, -0.15) is 0 Å². The van der Waals surface area contributed by atoms with Crippen molar-refractivity contribution in [2.75, 3.05) is 0 Å². The summed E-state index contributed by atoms with van der Waals surface area (Å²) >= 11 is 0. The number of hydrogen-bond donors (Lipinski definition) is 2. The van der Waals surface area contributed by atoms with Crippen molar-refractivity contribution in [3.8, 4) is 22.6 Å². The van der Waals surface area contributed by atoms with Crippen molar-refractivity contribution in [2.24, 2.45) is 0 Å². The van der Waals surface area contributed by atoms with Crippen LogP contribution in [-0.4, -0.2) is 16.0 Å². The second kappa shape index (κ2) is 7.81. The van der Waals surface area contributed by atoms with Crippen LogP contribution in [0.3, 0.4) is 0 Å². The third-order valence-electron chi connectivity index (χ3n) is 7.67. The fourth-order valence-corrected chi connectivity index (χ4v) is 6.16. The summed E-state index contributed by atoms with van der Waals surface area (Å²) in [6, 6.07) is 38.4. The van der Waals surface area contributed by atoms with E-state index in [2.05, 4.69) is 12.1 Å². The molecule has 6 aromatic carbocycles. The molecule has 6 aromatic rings. The summed E-state index contributed by atoms with van der Waals surface area (Å²) in [5, 5.41) is 24.0. The minimum atomic E-state index is -1.15. The van der Waals surface area contributed by atoms with E-state index >= 15 is 4.79 Å². The lowest BCUT2D eigenvalue weighted by Gasteiger charge is -2.41. The highest BCUT2D eigenvalue weighted by Crippen LogP contribution is 2.53. The first kappa shape index (κ1) is 21.4. The summed E-state index contributed by atoms with van der Waals surface area (Å²) in [4.78, 5) is 15.0. The average molecular weight is 479 g/mol. The molecule has 0 unspecified atom stereocenters. The highest BCUT2D eigenvalue weighted by Gasteiger charge is 2.50. The Morgan fingerprint density at radius 1 is 0.459 bits per heavy atom. The zero-order chi connectivity index (χ0) is 25.1. The zero-order valence-corrected chi connectivity index (χ0v) is 19.8. The van der Waals surface area contributed by atoms with Crippen LogP contribution in [0.4, 0.5) is 0 Å². The molecule has 0 bridgehead atoms. The molecule has 1 aliphatic rings. The summed E-state index contributed by atoms with van der Waals surface area (Å²) < 4.78 is 0. The average Bonchev–Trinajstić information content (AvgIpc) is 2.93. The molecule has 176 valence electrons. The van der Waals surface area contributed by atoms with Crippen molar-refractivity contribution >= 4 is 27.3 Å². The highest BCUT2D eigenvalue weighted by molar-refractivity contribution is 6.19. The fourth-order valence-electron chi connectivity index (χ4n) is 6.16. The Bertz CT molecular complexity index is 1800. The molecular formula is C34H22O3. The van der Waals surface area contributed by atoms with Crippen molar-refractivity contribution in [2.45, 2.75) is 5.41 Å². The van der Waals surface area contributed by atoms with E-state index < -0.39 is 5.41 Å². The van der Waals surface area contributed by atoms with E-state index in [1.54, 1.807) is 24.3 Å². The summed E-state index contributed by atoms with van der Waals surface area (Å²) in [5.41, 5.74) is 4.10. The first-order valence-electron chi connectivity index (χ1n) is 12.3. The number of benzene rings is 6. The predicted octanol–water partition coefficient (Wildman–Crippen LogP) is 7.60. The molecule has 0 saturated heterocycles. The van der Waals surface area contributed by atoms with Crippen LogP contribution in [0, 0.1) is 0 Å². The maximum atomic E-state index is 15.0. The molecule has 0 aromatic heterocycles. The number of Topliss-reactive ketones (excluding diaryl/α,β-unsaturated/α-hetero) is 1. The van der Waals surface area contributed by atoms with Gasteiger partial charge in [0.2, 0.25) is 0 Å². The van der Waals surface area contributed by atoms with E-state index in [-0.39, 0.29) is 17.3 Å². The SMILES string of the molecule is O=C1c2ccccc2-c2ccccc2C1(c1cccc2cc(O)ccc12)c1cccc2cc(O)ccc12. The highest BCUT2D eigenvalue weighted by atomic mass is 16.3. The van der Waals surface area contributed by atoms with E-state index in [0.717, 1.165) is 49.4 Å². The lowest BCUT2D eigenvalue weighted by atomic mass is 9.59. The number of carbonyl (C=O) groups excluding carboxylic acids is 1. The molecule has 0 saturated carbocycles. The van der Waals surface area contributed by atoms with Gasteiger partial charge < -0.3 is 10.2 Å². The van der Waals surface area contributed by atoms with E-state index in [1.807, 2.05) is 84.9 Å². The molecule has 0 spiro atoms. The Kier molecular flexibility index (Phi) is 4.51. The molecule has 3 nitrogen and oxygen atoms in total. The molecular weight excluding hydrogens is 456 g/mol. The van der Waals surface area contributed by atoms with Gasteiger partial charge in [0.05, 0.1) is 0 Å². The van der Waals surface area contributed by atoms with Crippen molar-refractivity contribution in [3.05, 3.63) is 144 Å². The standard InChI is InChI=1S/C34H22O3/c35-23-15-17-25-21(19-23)7-5-13-30(25)34(31-14-6-8-22-20-24(36)16-18-26(22)31)32-12-4-3-10-28(32)27-9-1-2-11-29(27)33(34)37/h1-20,35-36H. The first-order chi connectivity index (χ1) is 18.1. The molecule has 0 amide bonds. The monoisotopic (exact) mass is 478 g/mol. The lowest BCUT2D eigenvalue weighted by molar-refractivity contribution is 0.0934. The number of phenols is 2. The Morgan fingerprint density at radius 3 is 1.54 bits per heavy atom. The Morgan fingerprint density at radius 2 is 0.946 bits per heavy atom. The summed E-state index contributed by atoms with van der Waals surface area (Å²) in [7, 11) is 0. The molecule has 0 atom stereocenters. The van der Waals surface area contributed by atoms with E-state index in [9.17, 15) is 10.2 Å². The van der Waals surface area contributed by atoms with Crippen LogP contribution in [0.25, 0.3) is 32.7 Å². The van der Waals surface area contributed by atoms with E-state index in [0.29, 0.717) is 5.56 Å². The fraction of sp³-hybridized carbons (Fsp3) is 0.0294. The van der Waals surface area contributed by atoms with Crippen molar-refractivity contribution in [1.82, 2.24) is 0 Å². The smallest absolute Gasteiger partial charge is 0.182 e. The quantitative estimate of drug-likeness (QED) is 0.269. The van der Waals surface area contributed by atoms with Gasteiger partial charge in [-0.05, 0) is 73.6 Å².